The van der Waals surface area contributed by atoms with Crippen LogP contribution in [0.2, 0.25) is 0 Å². The van der Waals surface area contributed by atoms with Crippen LogP contribution in [0.4, 0.5) is 4.79 Å². The Balaban J connectivity index is 1.65. The quantitative estimate of drug-likeness (QED) is 0.589. The number of thioether (sulfide) groups is 1. The first-order valence-electron chi connectivity index (χ1n) is 8.41. The summed E-state index contributed by atoms with van der Waals surface area (Å²) in [5.41, 5.74) is 3.01. The highest BCUT2D eigenvalue weighted by Gasteiger charge is 2.35. The summed E-state index contributed by atoms with van der Waals surface area (Å²) in [5.74, 6) is -0.226. The number of benzene rings is 3. The van der Waals surface area contributed by atoms with Crippen molar-refractivity contribution in [2.45, 2.75) is 13.5 Å². The van der Waals surface area contributed by atoms with Gasteiger partial charge in [0.05, 0.1) is 11.4 Å². The third-order valence-corrected chi connectivity index (χ3v) is 5.46. The average Bonchev–Trinajstić information content (AvgIpc) is 2.91. The highest BCUT2D eigenvalue weighted by molar-refractivity contribution is 8.18. The van der Waals surface area contributed by atoms with Crippen molar-refractivity contribution in [3.8, 4) is 0 Å². The number of carbonyl (C=O) groups is 2. The van der Waals surface area contributed by atoms with Gasteiger partial charge in [-0.25, -0.2) is 0 Å². The molecule has 128 valence electrons. The molecule has 0 radical (unpaired) electrons. The summed E-state index contributed by atoms with van der Waals surface area (Å²) in [6.45, 7) is 2.28. The Morgan fingerprint density at radius 2 is 1.65 bits per heavy atom. The summed E-state index contributed by atoms with van der Waals surface area (Å²) in [6, 6.07) is 21.8. The second kappa shape index (κ2) is 6.81. The van der Waals surface area contributed by atoms with E-state index in [1.165, 1.54) is 4.90 Å². The van der Waals surface area contributed by atoms with Gasteiger partial charge in [-0.3, -0.25) is 14.5 Å². The molecule has 1 fully saturated rings. The van der Waals surface area contributed by atoms with Crippen LogP contribution in [0.15, 0.2) is 71.6 Å². The lowest BCUT2D eigenvalue weighted by molar-refractivity contribution is -0.123. The van der Waals surface area contributed by atoms with Gasteiger partial charge in [0.1, 0.15) is 0 Å². The Labute approximate surface area is 156 Å². The van der Waals surface area contributed by atoms with Crippen LogP contribution >= 0.6 is 11.8 Å². The maximum Gasteiger partial charge on any atom is 0.293 e. The maximum atomic E-state index is 12.8. The molecule has 0 saturated carbocycles. The summed E-state index contributed by atoms with van der Waals surface area (Å²) < 4.78 is 0. The molecular formula is C22H17NO2S. The molecule has 3 nitrogen and oxygen atoms in total. The molecule has 2 amide bonds. The lowest BCUT2D eigenvalue weighted by atomic mass is 10.0. The molecule has 3 aromatic rings. The first-order chi connectivity index (χ1) is 12.6. The average molecular weight is 359 g/mol. The van der Waals surface area contributed by atoms with Crippen LogP contribution in [-0.2, 0) is 11.3 Å². The maximum absolute atomic E-state index is 12.8. The zero-order valence-corrected chi connectivity index (χ0v) is 15.1. The monoisotopic (exact) mass is 359 g/mol. The smallest absolute Gasteiger partial charge is 0.268 e. The largest absolute Gasteiger partial charge is 0.293 e. The summed E-state index contributed by atoms with van der Waals surface area (Å²) in [6.07, 6.45) is 1.81. The normalized spacial score (nSPS) is 16.0. The second-order valence-corrected chi connectivity index (χ2v) is 7.26. The van der Waals surface area contributed by atoms with Gasteiger partial charge in [0, 0.05) is 0 Å². The summed E-state index contributed by atoms with van der Waals surface area (Å²) in [7, 11) is 0. The van der Waals surface area contributed by atoms with E-state index in [4.69, 9.17) is 0 Å². The Bertz CT molecular complexity index is 1050. The van der Waals surface area contributed by atoms with E-state index in [9.17, 15) is 9.59 Å². The minimum atomic E-state index is -0.226. The van der Waals surface area contributed by atoms with Crippen molar-refractivity contribution in [3.63, 3.8) is 0 Å². The van der Waals surface area contributed by atoms with Crippen molar-refractivity contribution < 1.29 is 9.59 Å². The van der Waals surface area contributed by atoms with Gasteiger partial charge < -0.3 is 0 Å². The Morgan fingerprint density at radius 1 is 0.923 bits per heavy atom. The van der Waals surface area contributed by atoms with Gasteiger partial charge in [0.15, 0.2) is 0 Å². The van der Waals surface area contributed by atoms with Gasteiger partial charge in [-0.2, -0.15) is 0 Å². The summed E-state index contributed by atoms with van der Waals surface area (Å²) in [4.78, 5) is 27.0. The number of amides is 2. The number of aryl methyl sites for hydroxylation is 1. The molecule has 4 heteroatoms. The van der Waals surface area contributed by atoms with E-state index in [2.05, 4.69) is 0 Å². The number of rotatable bonds is 3. The number of hydrogen-bond acceptors (Lipinski definition) is 3. The molecule has 26 heavy (non-hydrogen) atoms. The van der Waals surface area contributed by atoms with E-state index < -0.39 is 0 Å². The van der Waals surface area contributed by atoms with Crippen LogP contribution in [0.5, 0.6) is 0 Å². The van der Waals surface area contributed by atoms with E-state index >= 15 is 0 Å². The third-order valence-electron chi connectivity index (χ3n) is 4.56. The molecule has 1 aliphatic heterocycles. The number of imide groups is 1. The van der Waals surface area contributed by atoms with Crippen LogP contribution in [0.1, 0.15) is 16.7 Å². The molecular weight excluding hydrogens is 342 g/mol. The molecule has 0 spiro atoms. The molecule has 1 heterocycles. The van der Waals surface area contributed by atoms with Crippen molar-refractivity contribution in [1.82, 2.24) is 4.90 Å². The van der Waals surface area contributed by atoms with Gasteiger partial charge in [0.2, 0.25) is 0 Å². The van der Waals surface area contributed by atoms with E-state index in [0.717, 1.165) is 39.2 Å². The fourth-order valence-electron chi connectivity index (χ4n) is 3.13. The van der Waals surface area contributed by atoms with Gasteiger partial charge >= 0.3 is 0 Å². The third kappa shape index (κ3) is 3.04. The van der Waals surface area contributed by atoms with Crippen molar-refractivity contribution in [1.29, 1.82) is 0 Å². The molecule has 3 aromatic carbocycles. The number of carbonyl (C=O) groups excluding carboxylic acids is 2. The minimum Gasteiger partial charge on any atom is -0.268 e. The summed E-state index contributed by atoms with van der Waals surface area (Å²) >= 11 is 1.01. The molecule has 4 rings (SSSR count). The van der Waals surface area contributed by atoms with Gasteiger partial charge in [-0.1, -0.05) is 66.7 Å². The molecule has 0 atom stereocenters. The number of hydrogen-bond donors (Lipinski definition) is 0. The molecule has 0 bridgehead atoms. The zero-order valence-electron chi connectivity index (χ0n) is 14.3. The predicted molar refractivity (Wildman–Crippen MR) is 107 cm³/mol. The van der Waals surface area contributed by atoms with E-state index in [1.54, 1.807) is 0 Å². The molecule has 0 aromatic heterocycles. The number of nitrogens with zero attached hydrogens (tertiary/aromatic N) is 1. The minimum absolute atomic E-state index is 0.220. The topological polar surface area (TPSA) is 37.4 Å². The molecule has 0 unspecified atom stereocenters. The lowest BCUT2D eigenvalue weighted by Crippen LogP contribution is -2.27. The van der Waals surface area contributed by atoms with Gasteiger partial charge in [0.25, 0.3) is 11.1 Å². The fourth-order valence-corrected chi connectivity index (χ4v) is 3.96. The zero-order chi connectivity index (χ0) is 18.1. The highest BCUT2D eigenvalue weighted by atomic mass is 32.2. The Hall–Kier alpha value is -2.85. The molecule has 0 N–H and O–H groups in total. The van der Waals surface area contributed by atoms with Crippen LogP contribution in [0, 0.1) is 6.92 Å². The first-order valence-corrected chi connectivity index (χ1v) is 9.23. The van der Waals surface area contributed by atoms with Crippen LogP contribution in [0.3, 0.4) is 0 Å². The predicted octanol–water partition coefficient (Wildman–Crippen LogP) is 5.38. The van der Waals surface area contributed by atoms with E-state index in [-0.39, 0.29) is 17.7 Å². The molecule has 0 aliphatic carbocycles. The first kappa shape index (κ1) is 16.6. The Kier molecular flexibility index (Phi) is 4.35. The van der Waals surface area contributed by atoms with Gasteiger partial charge in [-0.15, -0.1) is 0 Å². The second-order valence-electron chi connectivity index (χ2n) is 6.26. The van der Waals surface area contributed by atoms with Crippen molar-refractivity contribution in [2.75, 3.05) is 0 Å². The number of fused-ring (bicyclic) bond motifs is 1. The molecule has 1 saturated heterocycles. The van der Waals surface area contributed by atoms with Crippen molar-refractivity contribution in [2.24, 2.45) is 0 Å². The summed E-state index contributed by atoms with van der Waals surface area (Å²) in [5, 5.41) is 1.95. The van der Waals surface area contributed by atoms with Crippen LogP contribution < -0.4 is 0 Å². The SMILES string of the molecule is Cc1ccccc1/C=C1\SC(=O)N(Cc2cccc3ccccc23)C1=O. The van der Waals surface area contributed by atoms with Crippen molar-refractivity contribution >= 4 is 39.8 Å². The van der Waals surface area contributed by atoms with Crippen LogP contribution in [-0.4, -0.2) is 16.0 Å². The van der Waals surface area contributed by atoms with Crippen LogP contribution in [0.25, 0.3) is 16.8 Å². The molecule has 1 aliphatic rings. The van der Waals surface area contributed by atoms with E-state index in [0.29, 0.717) is 4.91 Å². The van der Waals surface area contributed by atoms with Crippen molar-refractivity contribution in [3.05, 3.63) is 88.3 Å². The standard InChI is InChI=1S/C22H17NO2S/c1-15-7-2-3-9-17(15)13-20-21(24)23(22(25)26-20)14-18-11-6-10-16-8-4-5-12-19(16)18/h2-13H,14H2,1H3/b20-13-. The lowest BCUT2D eigenvalue weighted by Gasteiger charge is -2.14. The van der Waals surface area contributed by atoms with E-state index in [1.807, 2.05) is 79.7 Å². The van der Waals surface area contributed by atoms with Gasteiger partial charge in [-0.05, 0) is 52.2 Å². The fraction of sp³-hybridized carbons (Fsp3) is 0.0909. The highest BCUT2D eigenvalue weighted by Crippen LogP contribution is 2.34. The Morgan fingerprint density at radius 3 is 2.50 bits per heavy atom.